The zero-order chi connectivity index (χ0) is 15.8. The number of aryl methyl sites for hydroxylation is 1. The van der Waals surface area contributed by atoms with Crippen molar-refractivity contribution in [2.75, 3.05) is 7.05 Å². The van der Waals surface area contributed by atoms with E-state index < -0.39 is 11.7 Å². The van der Waals surface area contributed by atoms with Crippen LogP contribution in [0.1, 0.15) is 22.5 Å². The molecule has 0 aliphatic rings. The number of alkyl halides is 3. The number of nitrogens with one attached hydrogen (secondary N) is 1. The number of halogens is 4. The number of benzene rings is 1. The zero-order valence-corrected chi connectivity index (χ0v) is 12.6. The molecule has 0 fully saturated rings. The Balaban J connectivity index is 2.59. The molecule has 0 aliphatic carbocycles. The van der Waals surface area contributed by atoms with Crippen LogP contribution < -0.4 is 5.32 Å². The molecule has 3 nitrogen and oxygen atoms in total. The highest BCUT2D eigenvalue weighted by Crippen LogP contribution is 2.34. The molecule has 0 unspecified atom stereocenters. The van der Waals surface area contributed by atoms with E-state index >= 15 is 0 Å². The van der Waals surface area contributed by atoms with Crippen LogP contribution >= 0.6 is 11.6 Å². The topological polar surface area (TPSA) is 29.9 Å². The molecule has 2 rings (SSSR count). The average molecular weight is 318 g/mol. The minimum Gasteiger partial charge on any atom is -0.316 e. The quantitative estimate of drug-likeness (QED) is 0.931. The van der Waals surface area contributed by atoms with Crippen molar-refractivity contribution in [2.45, 2.75) is 26.6 Å². The lowest BCUT2D eigenvalue weighted by Crippen LogP contribution is -2.15. The summed E-state index contributed by atoms with van der Waals surface area (Å²) in [4.78, 5) is 0. The van der Waals surface area contributed by atoms with E-state index in [1.165, 1.54) is 10.7 Å². The summed E-state index contributed by atoms with van der Waals surface area (Å²) in [5.74, 6) is 0. The van der Waals surface area contributed by atoms with Crippen LogP contribution in [0.15, 0.2) is 18.2 Å². The highest BCUT2D eigenvalue weighted by molar-refractivity contribution is 6.31. The van der Waals surface area contributed by atoms with Crippen LogP contribution in [-0.4, -0.2) is 16.8 Å². The number of hydrogen-bond acceptors (Lipinski definition) is 2. The first-order valence-corrected chi connectivity index (χ1v) is 6.70. The van der Waals surface area contributed by atoms with Gasteiger partial charge < -0.3 is 5.32 Å². The van der Waals surface area contributed by atoms with E-state index in [2.05, 4.69) is 10.4 Å². The molecule has 2 aromatic rings. The minimum atomic E-state index is -4.41. The van der Waals surface area contributed by atoms with Gasteiger partial charge in [-0.25, -0.2) is 4.68 Å². The molecule has 0 radical (unpaired) electrons. The molecule has 21 heavy (non-hydrogen) atoms. The third-order valence-electron chi connectivity index (χ3n) is 3.21. The van der Waals surface area contributed by atoms with Crippen molar-refractivity contribution in [1.29, 1.82) is 0 Å². The van der Waals surface area contributed by atoms with E-state index in [1.54, 1.807) is 27.0 Å². The van der Waals surface area contributed by atoms with Gasteiger partial charge in [-0.1, -0.05) is 17.7 Å². The normalized spacial score (nSPS) is 12.0. The Morgan fingerprint density at radius 1 is 1.29 bits per heavy atom. The maximum Gasteiger partial charge on any atom is 0.416 e. The molecule has 0 spiro atoms. The maximum atomic E-state index is 13.2. The Morgan fingerprint density at radius 2 is 1.95 bits per heavy atom. The van der Waals surface area contributed by atoms with Crippen molar-refractivity contribution in [3.8, 4) is 5.69 Å². The molecule has 1 N–H and O–H groups in total. The zero-order valence-electron chi connectivity index (χ0n) is 11.8. The van der Waals surface area contributed by atoms with Crippen molar-refractivity contribution >= 4 is 11.6 Å². The second-order valence-corrected chi connectivity index (χ2v) is 5.14. The molecule has 0 saturated heterocycles. The molecule has 0 amide bonds. The van der Waals surface area contributed by atoms with Gasteiger partial charge in [0.15, 0.2) is 0 Å². The first-order chi connectivity index (χ1) is 9.75. The number of hydrogen-bond donors (Lipinski definition) is 1. The van der Waals surface area contributed by atoms with Crippen molar-refractivity contribution in [3.05, 3.63) is 45.7 Å². The largest absolute Gasteiger partial charge is 0.416 e. The smallest absolute Gasteiger partial charge is 0.316 e. The van der Waals surface area contributed by atoms with E-state index in [0.29, 0.717) is 22.1 Å². The van der Waals surface area contributed by atoms with Gasteiger partial charge in [-0.15, -0.1) is 0 Å². The van der Waals surface area contributed by atoms with Gasteiger partial charge in [-0.3, -0.25) is 0 Å². The summed E-state index contributed by atoms with van der Waals surface area (Å²) in [6, 6.07) is 4.17. The van der Waals surface area contributed by atoms with Crippen molar-refractivity contribution in [2.24, 2.45) is 0 Å². The van der Waals surface area contributed by atoms with Crippen LogP contribution in [0.3, 0.4) is 0 Å². The van der Waals surface area contributed by atoms with Crippen molar-refractivity contribution in [1.82, 2.24) is 15.1 Å². The first kappa shape index (κ1) is 15.9. The highest BCUT2D eigenvalue weighted by atomic mass is 35.5. The SMILES string of the molecule is CNCc1ccc(-n2nc(C)c(Cl)c2C)cc1C(F)(F)F. The fourth-order valence-corrected chi connectivity index (χ4v) is 2.30. The molecule has 0 bridgehead atoms. The predicted molar refractivity (Wildman–Crippen MR) is 75.8 cm³/mol. The Kier molecular flexibility index (Phi) is 4.30. The van der Waals surface area contributed by atoms with Gasteiger partial charge in [0, 0.05) is 6.54 Å². The summed E-state index contributed by atoms with van der Waals surface area (Å²) >= 11 is 6.04. The second-order valence-electron chi connectivity index (χ2n) is 4.77. The fourth-order valence-electron chi connectivity index (χ4n) is 2.18. The molecule has 7 heteroatoms. The molecular formula is C14H15ClF3N3. The van der Waals surface area contributed by atoms with Gasteiger partial charge in [0.25, 0.3) is 0 Å². The van der Waals surface area contributed by atoms with Gasteiger partial charge >= 0.3 is 6.18 Å². The van der Waals surface area contributed by atoms with Crippen molar-refractivity contribution < 1.29 is 13.2 Å². The Bertz CT molecular complexity index is 662. The molecule has 0 saturated carbocycles. The van der Waals surface area contributed by atoms with Crippen LogP contribution in [0, 0.1) is 13.8 Å². The highest BCUT2D eigenvalue weighted by Gasteiger charge is 2.33. The molecule has 1 aromatic heterocycles. The third kappa shape index (κ3) is 3.06. The molecule has 1 aromatic carbocycles. The Morgan fingerprint density at radius 3 is 2.43 bits per heavy atom. The molecular weight excluding hydrogens is 303 g/mol. The summed E-state index contributed by atoms with van der Waals surface area (Å²) in [5.41, 5.74) is 1.07. The lowest BCUT2D eigenvalue weighted by molar-refractivity contribution is -0.138. The maximum absolute atomic E-state index is 13.2. The summed E-state index contributed by atoms with van der Waals surface area (Å²) < 4.78 is 40.9. The van der Waals surface area contributed by atoms with Crippen LogP contribution in [0.2, 0.25) is 5.02 Å². The van der Waals surface area contributed by atoms with E-state index in [4.69, 9.17) is 11.6 Å². The van der Waals surface area contributed by atoms with Crippen LogP contribution in [-0.2, 0) is 12.7 Å². The Labute approximate surface area is 125 Å². The summed E-state index contributed by atoms with van der Waals surface area (Å²) in [6.45, 7) is 3.58. The number of aromatic nitrogens is 2. The summed E-state index contributed by atoms with van der Waals surface area (Å²) in [7, 11) is 1.61. The van der Waals surface area contributed by atoms with Gasteiger partial charge in [0.05, 0.1) is 27.7 Å². The fraction of sp³-hybridized carbons (Fsp3) is 0.357. The van der Waals surface area contributed by atoms with E-state index in [1.807, 2.05) is 0 Å². The summed E-state index contributed by atoms with van der Waals surface area (Å²) in [6.07, 6.45) is -4.41. The monoisotopic (exact) mass is 317 g/mol. The van der Waals surface area contributed by atoms with E-state index in [0.717, 1.165) is 6.07 Å². The van der Waals surface area contributed by atoms with Gasteiger partial charge in [0.1, 0.15) is 0 Å². The van der Waals surface area contributed by atoms with E-state index in [9.17, 15) is 13.2 Å². The minimum absolute atomic E-state index is 0.146. The van der Waals surface area contributed by atoms with Gasteiger partial charge in [-0.05, 0) is 38.6 Å². The Hall–Kier alpha value is -1.53. The van der Waals surface area contributed by atoms with Gasteiger partial charge in [-0.2, -0.15) is 18.3 Å². The van der Waals surface area contributed by atoms with E-state index in [-0.39, 0.29) is 12.1 Å². The molecule has 114 valence electrons. The summed E-state index contributed by atoms with van der Waals surface area (Å²) in [5, 5.41) is 7.38. The molecule has 1 heterocycles. The standard InChI is InChI=1S/C14H15ClF3N3/c1-8-13(15)9(2)21(20-8)11-5-4-10(7-19-3)12(6-11)14(16,17)18/h4-6,19H,7H2,1-3H3. The van der Waals surface area contributed by atoms with Crippen LogP contribution in [0.4, 0.5) is 13.2 Å². The van der Waals surface area contributed by atoms with Crippen LogP contribution in [0.5, 0.6) is 0 Å². The predicted octanol–water partition coefficient (Wildman–Crippen LogP) is 3.88. The van der Waals surface area contributed by atoms with Crippen LogP contribution in [0.25, 0.3) is 5.69 Å². The van der Waals surface area contributed by atoms with Crippen molar-refractivity contribution in [3.63, 3.8) is 0 Å². The average Bonchev–Trinajstić information content (AvgIpc) is 2.66. The van der Waals surface area contributed by atoms with Gasteiger partial charge in [0.2, 0.25) is 0 Å². The number of rotatable bonds is 3. The molecule has 0 atom stereocenters. The second kappa shape index (κ2) is 5.69. The molecule has 0 aliphatic heterocycles. The first-order valence-electron chi connectivity index (χ1n) is 6.32. The number of nitrogens with zero attached hydrogens (tertiary/aromatic N) is 2. The lowest BCUT2D eigenvalue weighted by atomic mass is 10.1. The third-order valence-corrected chi connectivity index (χ3v) is 3.76. The lowest BCUT2D eigenvalue weighted by Gasteiger charge is -2.15.